The highest BCUT2D eigenvalue weighted by atomic mass is 35.5. The number of hydrogen-bond donors (Lipinski definition) is 2. The molecule has 8 nitrogen and oxygen atoms in total. The van der Waals surface area contributed by atoms with Crippen molar-refractivity contribution in [2.45, 2.75) is 6.92 Å². The molecule has 0 saturated heterocycles. The van der Waals surface area contributed by atoms with E-state index >= 15 is 0 Å². The van der Waals surface area contributed by atoms with E-state index in [0.717, 1.165) is 10.2 Å². The maximum Gasteiger partial charge on any atom is 0.302 e. The summed E-state index contributed by atoms with van der Waals surface area (Å²) in [5.41, 5.74) is 2.02. The minimum absolute atomic E-state index is 0.0691. The van der Waals surface area contributed by atoms with Gasteiger partial charge in [-0.05, 0) is 37.3 Å². The van der Waals surface area contributed by atoms with E-state index in [1.165, 1.54) is 0 Å². The Balaban J connectivity index is 1.62. The molecule has 0 unspecified atom stereocenters. The van der Waals surface area contributed by atoms with Crippen LogP contribution in [0.2, 0.25) is 5.02 Å². The van der Waals surface area contributed by atoms with Gasteiger partial charge >= 0.3 is 5.56 Å². The van der Waals surface area contributed by atoms with Crippen molar-refractivity contribution in [3.63, 3.8) is 0 Å². The summed E-state index contributed by atoms with van der Waals surface area (Å²) >= 11 is 5.89. The molecule has 0 amide bonds. The summed E-state index contributed by atoms with van der Waals surface area (Å²) in [6.07, 6.45) is 0. The van der Waals surface area contributed by atoms with Crippen LogP contribution in [0.3, 0.4) is 0 Å². The van der Waals surface area contributed by atoms with Crippen LogP contribution in [0.25, 0.3) is 11.3 Å². The average Bonchev–Trinajstić information content (AvgIpc) is 3.33. The number of azo groups is 1. The molecule has 0 aliphatic rings. The fourth-order valence-corrected chi connectivity index (χ4v) is 2.85. The van der Waals surface area contributed by atoms with Crippen LogP contribution in [0.5, 0.6) is 0 Å². The molecular weight excluding hydrogens is 392 g/mol. The van der Waals surface area contributed by atoms with Crippen LogP contribution in [0.15, 0.2) is 75.7 Å². The quantitative estimate of drug-likeness (QED) is 0.482. The highest BCUT2D eigenvalue weighted by molar-refractivity contribution is 6.30. The predicted molar refractivity (Wildman–Crippen MR) is 109 cm³/mol. The highest BCUT2D eigenvalue weighted by Crippen LogP contribution is 2.21. The molecule has 4 aromatic rings. The van der Waals surface area contributed by atoms with E-state index in [-0.39, 0.29) is 11.4 Å². The summed E-state index contributed by atoms with van der Waals surface area (Å²) in [7, 11) is 0. The van der Waals surface area contributed by atoms with E-state index in [2.05, 4.69) is 25.5 Å². The molecule has 144 valence electrons. The lowest BCUT2D eigenvalue weighted by Crippen LogP contribution is -2.25. The molecule has 0 saturated carbocycles. The Morgan fingerprint density at radius 3 is 2.52 bits per heavy atom. The molecule has 2 aromatic heterocycles. The van der Waals surface area contributed by atoms with Crippen LogP contribution in [-0.2, 0) is 0 Å². The average molecular weight is 407 g/mol. The second-order valence-electron chi connectivity index (χ2n) is 6.24. The van der Waals surface area contributed by atoms with Gasteiger partial charge in [0.2, 0.25) is 0 Å². The molecule has 0 aliphatic heterocycles. The molecular formula is C20H15ClN6O2. The third-order valence-corrected chi connectivity index (χ3v) is 4.47. The van der Waals surface area contributed by atoms with E-state index in [1.54, 1.807) is 49.4 Å². The molecule has 0 spiro atoms. The van der Waals surface area contributed by atoms with Gasteiger partial charge in [-0.15, -0.1) is 5.11 Å². The molecule has 2 aromatic carbocycles. The monoisotopic (exact) mass is 406 g/mol. The van der Waals surface area contributed by atoms with Gasteiger partial charge in [-0.25, -0.2) is 0 Å². The van der Waals surface area contributed by atoms with Gasteiger partial charge in [0.1, 0.15) is 5.69 Å². The lowest BCUT2D eigenvalue weighted by molar-refractivity contribution is 0.0936. The number of aromatic amines is 2. The van der Waals surface area contributed by atoms with Crippen molar-refractivity contribution < 1.29 is 4.79 Å². The molecule has 0 aliphatic carbocycles. The van der Waals surface area contributed by atoms with Crippen LogP contribution in [-0.4, -0.2) is 25.9 Å². The highest BCUT2D eigenvalue weighted by Gasteiger charge is 2.20. The Bertz CT molecular complexity index is 1250. The van der Waals surface area contributed by atoms with E-state index in [9.17, 15) is 9.59 Å². The summed E-state index contributed by atoms with van der Waals surface area (Å²) in [4.78, 5) is 25.4. The SMILES string of the molecule is Cc1[nH]n(C(=O)c2cc(-c3ccc(Cl)cc3)n[nH]2)c(=O)c1N=Nc1ccccc1. The zero-order chi connectivity index (χ0) is 20.4. The van der Waals surface area contributed by atoms with Crippen molar-refractivity contribution in [3.8, 4) is 11.3 Å². The Morgan fingerprint density at radius 1 is 1.07 bits per heavy atom. The second-order valence-corrected chi connectivity index (χ2v) is 6.68. The van der Waals surface area contributed by atoms with E-state index in [0.29, 0.717) is 22.1 Å². The molecule has 4 rings (SSSR count). The third-order valence-electron chi connectivity index (χ3n) is 4.21. The van der Waals surface area contributed by atoms with Crippen LogP contribution in [0, 0.1) is 6.92 Å². The number of nitrogens with one attached hydrogen (secondary N) is 2. The number of aryl methyl sites for hydroxylation is 1. The lowest BCUT2D eigenvalue weighted by atomic mass is 10.1. The zero-order valence-corrected chi connectivity index (χ0v) is 16.0. The first-order chi connectivity index (χ1) is 14.0. The van der Waals surface area contributed by atoms with Crippen molar-refractivity contribution >= 4 is 28.9 Å². The molecule has 9 heteroatoms. The van der Waals surface area contributed by atoms with E-state index in [1.807, 2.05) is 18.2 Å². The van der Waals surface area contributed by atoms with Gasteiger partial charge in [-0.3, -0.25) is 19.8 Å². The maximum atomic E-state index is 12.8. The third kappa shape index (κ3) is 3.78. The fourth-order valence-electron chi connectivity index (χ4n) is 2.72. The van der Waals surface area contributed by atoms with Crippen molar-refractivity contribution in [2.24, 2.45) is 10.2 Å². The molecule has 0 fully saturated rings. The van der Waals surface area contributed by atoms with Gasteiger partial charge in [0, 0.05) is 10.6 Å². The fraction of sp³-hybridized carbons (Fsp3) is 0.0500. The molecule has 29 heavy (non-hydrogen) atoms. The van der Waals surface area contributed by atoms with Gasteiger partial charge in [-0.1, -0.05) is 41.9 Å². The number of carbonyl (C=O) groups is 1. The van der Waals surface area contributed by atoms with Crippen LogP contribution >= 0.6 is 11.6 Å². The first kappa shape index (κ1) is 18.6. The number of aromatic nitrogens is 4. The summed E-state index contributed by atoms with van der Waals surface area (Å²) in [5.74, 6) is -0.577. The number of hydrogen-bond acceptors (Lipinski definition) is 5. The van der Waals surface area contributed by atoms with Crippen LogP contribution < -0.4 is 5.56 Å². The number of benzene rings is 2. The van der Waals surface area contributed by atoms with Gasteiger partial charge in [0.15, 0.2) is 5.69 Å². The Hall–Kier alpha value is -3.78. The summed E-state index contributed by atoms with van der Waals surface area (Å²) in [6, 6.07) is 17.6. The molecule has 0 atom stereocenters. The number of halogens is 1. The van der Waals surface area contributed by atoms with Crippen LogP contribution in [0.1, 0.15) is 16.2 Å². The minimum Gasteiger partial charge on any atom is -0.290 e. The molecule has 0 bridgehead atoms. The standard InChI is InChI=1S/C20H15ClN6O2/c1-12-18(25-22-15-5-3-2-4-6-15)20(29)27(26-12)19(28)17-11-16(23-24-17)13-7-9-14(21)10-8-13/h2-11,26H,1H3,(H,23,24). The normalized spacial score (nSPS) is 11.2. The first-order valence-electron chi connectivity index (χ1n) is 8.67. The van der Waals surface area contributed by atoms with Crippen molar-refractivity contribution in [2.75, 3.05) is 0 Å². The topological polar surface area (TPSA) is 108 Å². The first-order valence-corrected chi connectivity index (χ1v) is 9.05. The molecule has 2 heterocycles. The van der Waals surface area contributed by atoms with Gasteiger partial charge in [0.05, 0.1) is 17.1 Å². The Morgan fingerprint density at radius 2 is 1.79 bits per heavy atom. The number of carbonyl (C=O) groups excluding carboxylic acids is 1. The summed E-state index contributed by atoms with van der Waals surface area (Å²) in [6.45, 7) is 1.65. The van der Waals surface area contributed by atoms with Crippen molar-refractivity contribution in [3.05, 3.63) is 87.4 Å². The van der Waals surface area contributed by atoms with Gasteiger partial charge in [0.25, 0.3) is 5.91 Å². The predicted octanol–water partition coefficient (Wildman–Crippen LogP) is 4.63. The molecule has 2 N–H and O–H groups in total. The van der Waals surface area contributed by atoms with Crippen molar-refractivity contribution in [1.82, 2.24) is 20.0 Å². The largest absolute Gasteiger partial charge is 0.302 e. The van der Waals surface area contributed by atoms with E-state index < -0.39 is 11.5 Å². The van der Waals surface area contributed by atoms with Crippen molar-refractivity contribution in [1.29, 1.82) is 0 Å². The lowest BCUT2D eigenvalue weighted by Gasteiger charge is -1.96. The number of H-pyrrole nitrogens is 2. The second kappa shape index (κ2) is 7.69. The summed E-state index contributed by atoms with van der Waals surface area (Å²) < 4.78 is 0.883. The van der Waals surface area contributed by atoms with Gasteiger partial charge < -0.3 is 0 Å². The molecule has 0 radical (unpaired) electrons. The zero-order valence-electron chi connectivity index (χ0n) is 15.3. The minimum atomic E-state index is -0.588. The number of nitrogens with zero attached hydrogens (tertiary/aromatic N) is 4. The Labute approximate surface area is 169 Å². The van der Waals surface area contributed by atoms with Crippen LogP contribution in [0.4, 0.5) is 11.4 Å². The smallest absolute Gasteiger partial charge is 0.290 e. The Kier molecular flexibility index (Phi) is 4.92. The van der Waals surface area contributed by atoms with E-state index in [4.69, 9.17) is 11.6 Å². The van der Waals surface area contributed by atoms with Gasteiger partial charge in [-0.2, -0.15) is 14.9 Å². The maximum absolute atomic E-state index is 12.8. The number of rotatable bonds is 4. The summed E-state index contributed by atoms with van der Waals surface area (Å²) in [5, 5.41) is 18.2.